The van der Waals surface area contributed by atoms with Crippen LogP contribution in [0.25, 0.3) is 0 Å². The van der Waals surface area contributed by atoms with Crippen molar-refractivity contribution in [3.63, 3.8) is 0 Å². The van der Waals surface area contributed by atoms with Gasteiger partial charge < -0.3 is 10.2 Å². The van der Waals surface area contributed by atoms with Crippen molar-refractivity contribution in [1.29, 1.82) is 0 Å². The minimum atomic E-state index is -0.121. The molecule has 0 radical (unpaired) electrons. The fourth-order valence-corrected chi connectivity index (χ4v) is 3.08. The van der Waals surface area contributed by atoms with Crippen LogP contribution in [0.1, 0.15) is 17.5 Å². The number of fused-ring (bicyclic) bond motifs is 1. The predicted molar refractivity (Wildman–Crippen MR) is 106 cm³/mol. The highest BCUT2D eigenvalue weighted by atomic mass is 32.1. The molecular formula is C19H22N4OS. The van der Waals surface area contributed by atoms with E-state index in [-0.39, 0.29) is 5.91 Å². The Kier molecular flexibility index (Phi) is 5.50. The molecule has 1 amide bonds. The number of carbonyl (C=O) groups is 1. The van der Waals surface area contributed by atoms with Crippen LogP contribution in [0.5, 0.6) is 0 Å². The van der Waals surface area contributed by atoms with E-state index in [2.05, 4.69) is 33.2 Å². The van der Waals surface area contributed by atoms with E-state index in [0.717, 1.165) is 30.8 Å². The molecule has 0 aliphatic carbocycles. The van der Waals surface area contributed by atoms with Crippen molar-refractivity contribution in [1.82, 2.24) is 10.9 Å². The molecule has 0 saturated heterocycles. The van der Waals surface area contributed by atoms with Crippen LogP contribution in [0.2, 0.25) is 0 Å². The van der Waals surface area contributed by atoms with Crippen molar-refractivity contribution >= 4 is 34.6 Å². The van der Waals surface area contributed by atoms with Gasteiger partial charge in [-0.15, -0.1) is 0 Å². The molecule has 5 nitrogen and oxygen atoms in total. The van der Waals surface area contributed by atoms with E-state index in [1.54, 1.807) is 0 Å². The van der Waals surface area contributed by atoms with Crippen molar-refractivity contribution < 1.29 is 4.79 Å². The molecular weight excluding hydrogens is 332 g/mol. The fourth-order valence-electron chi connectivity index (χ4n) is 2.91. The van der Waals surface area contributed by atoms with Crippen LogP contribution in [0, 0.1) is 6.92 Å². The molecule has 6 heteroatoms. The number of para-hydroxylation sites is 1. The zero-order valence-electron chi connectivity index (χ0n) is 14.2. The summed E-state index contributed by atoms with van der Waals surface area (Å²) in [5.41, 5.74) is 9.91. The smallest absolute Gasteiger partial charge is 0.257 e. The molecule has 1 aliphatic rings. The Bertz CT molecular complexity index is 760. The van der Waals surface area contributed by atoms with Crippen LogP contribution in [0.3, 0.4) is 0 Å². The third-order valence-corrected chi connectivity index (χ3v) is 4.37. The Labute approximate surface area is 153 Å². The van der Waals surface area contributed by atoms with Gasteiger partial charge in [0.2, 0.25) is 0 Å². The average molecular weight is 354 g/mol. The number of hydrogen-bond donors (Lipinski definition) is 3. The molecule has 25 heavy (non-hydrogen) atoms. The maximum atomic E-state index is 12.2. The first-order valence-corrected chi connectivity index (χ1v) is 8.78. The summed E-state index contributed by atoms with van der Waals surface area (Å²) in [5.74, 6) is -0.121. The van der Waals surface area contributed by atoms with Gasteiger partial charge in [0.05, 0.1) is 6.54 Å². The van der Waals surface area contributed by atoms with Gasteiger partial charge in [-0.3, -0.25) is 15.6 Å². The van der Waals surface area contributed by atoms with E-state index in [1.165, 1.54) is 11.1 Å². The largest absolute Gasteiger partial charge is 0.362 e. The van der Waals surface area contributed by atoms with Crippen LogP contribution >= 0.6 is 12.2 Å². The first-order valence-electron chi connectivity index (χ1n) is 8.37. The van der Waals surface area contributed by atoms with Gasteiger partial charge >= 0.3 is 0 Å². The number of nitrogens with one attached hydrogen (secondary N) is 3. The Morgan fingerprint density at radius 3 is 2.68 bits per heavy atom. The SMILES string of the molecule is Cc1ccc(NC(=S)NNC(=O)CN2CCCc3ccccc32)cc1. The van der Waals surface area contributed by atoms with E-state index < -0.39 is 0 Å². The number of benzene rings is 2. The number of carbonyl (C=O) groups excluding carboxylic acids is 1. The highest BCUT2D eigenvalue weighted by molar-refractivity contribution is 7.80. The highest BCUT2D eigenvalue weighted by Gasteiger charge is 2.18. The number of hydrazine groups is 1. The Morgan fingerprint density at radius 2 is 1.88 bits per heavy atom. The maximum Gasteiger partial charge on any atom is 0.257 e. The quantitative estimate of drug-likeness (QED) is 0.585. The second-order valence-corrected chi connectivity index (χ2v) is 6.56. The fraction of sp³-hybridized carbons (Fsp3) is 0.263. The Hall–Kier alpha value is -2.60. The molecule has 2 aromatic rings. The summed E-state index contributed by atoms with van der Waals surface area (Å²) in [6.07, 6.45) is 2.13. The predicted octanol–water partition coefficient (Wildman–Crippen LogP) is 2.77. The van der Waals surface area contributed by atoms with Crippen LogP contribution in [-0.4, -0.2) is 24.1 Å². The lowest BCUT2D eigenvalue weighted by atomic mass is 10.0. The van der Waals surface area contributed by atoms with Crippen molar-refractivity contribution in [3.05, 3.63) is 59.7 Å². The second kappa shape index (κ2) is 7.98. The molecule has 2 aromatic carbocycles. The second-order valence-electron chi connectivity index (χ2n) is 6.15. The molecule has 0 bridgehead atoms. The minimum absolute atomic E-state index is 0.121. The summed E-state index contributed by atoms with van der Waals surface area (Å²) >= 11 is 5.20. The lowest BCUT2D eigenvalue weighted by molar-refractivity contribution is -0.120. The first-order chi connectivity index (χ1) is 12.1. The summed E-state index contributed by atoms with van der Waals surface area (Å²) in [7, 11) is 0. The van der Waals surface area contributed by atoms with E-state index in [9.17, 15) is 4.79 Å². The molecule has 0 aromatic heterocycles. The number of anilines is 2. The van der Waals surface area contributed by atoms with Crippen molar-refractivity contribution in [2.45, 2.75) is 19.8 Å². The molecule has 1 aliphatic heterocycles. The number of amides is 1. The van der Waals surface area contributed by atoms with Crippen LogP contribution in [-0.2, 0) is 11.2 Å². The van der Waals surface area contributed by atoms with Crippen LogP contribution in [0.4, 0.5) is 11.4 Å². The van der Waals surface area contributed by atoms with E-state index in [4.69, 9.17) is 12.2 Å². The molecule has 130 valence electrons. The summed E-state index contributed by atoms with van der Waals surface area (Å²) in [4.78, 5) is 14.3. The van der Waals surface area contributed by atoms with Crippen LogP contribution < -0.4 is 21.1 Å². The third-order valence-electron chi connectivity index (χ3n) is 4.17. The molecule has 3 N–H and O–H groups in total. The zero-order chi connectivity index (χ0) is 17.6. The Balaban J connectivity index is 1.48. The third kappa shape index (κ3) is 4.70. The summed E-state index contributed by atoms with van der Waals surface area (Å²) in [6.45, 7) is 3.22. The maximum absolute atomic E-state index is 12.2. The number of thiocarbonyl (C=S) groups is 1. The molecule has 0 unspecified atom stereocenters. The lowest BCUT2D eigenvalue weighted by Gasteiger charge is -2.30. The number of hydrogen-bond acceptors (Lipinski definition) is 3. The molecule has 0 saturated carbocycles. The topological polar surface area (TPSA) is 56.4 Å². The number of aryl methyl sites for hydroxylation is 2. The van der Waals surface area contributed by atoms with Crippen molar-refractivity contribution in [2.24, 2.45) is 0 Å². The number of nitrogens with zero attached hydrogens (tertiary/aromatic N) is 1. The van der Waals surface area contributed by atoms with E-state index >= 15 is 0 Å². The van der Waals surface area contributed by atoms with Gasteiger partial charge in [0.1, 0.15) is 0 Å². The minimum Gasteiger partial charge on any atom is -0.362 e. The van der Waals surface area contributed by atoms with Gasteiger partial charge in [-0.1, -0.05) is 35.9 Å². The van der Waals surface area contributed by atoms with E-state index in [1.807, 2.05) is 43.3 Å². The van der Waals surface area contributed by atoms with Gasteiger partial charge in [-0.05, 0) is 55.7 Å². The van der Waals surface area contributed by atoms with Gasteiger partial charge in [-0.25, -0.2) is 0 Å². The monoisotopic (exact) mass is 354 g/mol. The van der Waals surface area contributed by atoms with Gasteiger partial charge in [0.15, 0.2) is 5.11 Å². The first kappa shape index (κ1) is 17.2. The highest BCUT2D eigenvalue weighted by Crippen LogP contribution is 2.26. The molecule has 1 heterocycles. The lowest BCUT2D eigenvalue weighted by Crippen LogP contribution is -2.48. The van der Waals surface area contributed by atoms with Gasteiger partial charge in [-0.2, -0.15) is 0 Å². The molecule has 0 atom stereocenters. The zero-order valence-corrected chi connectivity index (χ0v) is 15.0. The molecule has 3 rings (SSSR count). The normalized spacial score (nSPS) is 12.9. The summed E-state index contributed by atoms with van der Waals surface area (Å²) in [5, 5.41) is 3.39. The molecule has 0 fully saturated rings. The van der Waals surface area contributed by atoms with Crippen molar-refractivity contribution in [2.75, 3.05) is 23.3 Å². The van der Waals surface area contributed by atoms with Gasteiger partial charge in [0, 0.05) is 17.9 Å². The Morgan fingerprint density at radius 1 is 1.12 bits per heavy atom. The van der Waals surface area contributed by atoms with Gasteiger partial charge in [0.25, 0.3) is 5.91 Å². The number of rotatable bonds is 3. The van der Waals surface area contributed by atoms with E-state index in [0.29, 0.717) is 11.7 Å². The van der Waals surface area contributed by atoms with Crippen molar-refractivity contribution in [3.8, 4) is 0 Å². The standard InChI is InChI=1S/C19H22N4OS/c1-14-8-10-16(11-9-14)20-19(25)22-21-18(24)13-23-12-4-6-15-5-2-3-7-17(15)23/h2-3,5,7-11H,4,6,12-13H2,1H3,(H,21,24)(H2,20,22,25). The summed E-state index contributed by atoms with van der Waals surface area (Å²) < 4.78 is 0. The molecule has 0 spiro atoms. The van der Waals surface area contributed by atoms with Crippen LogP contribution in [0.15, 0.2) is 48.5 Å². The summed E-state index contributed by atoms with van der Waals surface area (Å²) in [6, 6.07) is 16.1. The average Bonchev–Trinajstić information content (AvgIpc) is 2.62.